The molecule has 4 heteroatoms. The molecule has 30 heavy (non-hydrogen) atoms. The maximum absolute atomic E-state index is 14.7. The summed E-state index contributed by atoms with van der Waals surface area (Å²) in [5.41, 5.74) is 3.05. The standard InChI is InChI=1S/C26H29NO2S/c28-30(29)25(20-12-6-2-7-13-20)23(19-10-4-1-5-11-19)24-21-14-15-22(18-21)26(24,30)27-16-8-3-9-17-27/h1-2,4-7,10-13,21-22,24H,3,8-9,14-18H2. The highest BCUT2D eigenvalue weighted by Crippen LogP contribution is 2.69. The topological polar surface area (TPSA) is 37.4 Å². The van der Waals surface area contributed by atoms with E-state index in [1.54, 1.807) is 0 Å². The van der Waals surface area contributed by atoms with Crippen LogP contribution in [-0.4, -0.2) is 31.3 Å². The summed E-state index contributed by atoms with van der Waals surface area (Å²) in [7, 11) is -3.50. The van der Waals surface area contributed by atoms with Crippen LogP contribution in [0.1, 0.15) is 49.7 Å². The highest BCUT2D eigenvalue weighted by Gasteiger charge is 2.72. The Morgan fingerprint density at radius 1 is 0.800 bits per heavy atom. The molecule has 0 N–H and O–H groups in total. The first-order valence-corrected chi connectivity index (χ1v) is 13.0. The van der Waals surface area contributed by atoms with Gasteiger partial charge >= 0.3 is 0 Å². The highest BCUT2D eigenvalue weighted by molar-refractivity contribution is 8.02. The fourth-order valence-corrected chi connectivity index (χ4v) is 10.4. The van der Waals surface area contributed by atoms with E-state index in [2.05, 4.69) is 17.0 Å². The quantitative estimate of drug-likeness (QED) is 0.685. The van der Waals surface area contributed by atoms with Gasteiger partial charge < -0.3 is 0 Å². The van der Waals surface area contributed by atoms with E-state index >= 15 is 0 Å². The minimum atomic E-state index is -3.50. The summed E-state index contributed by atoms with van der Waals surface area (Å²) in [6.07, 6.45) is 6.74. The molecule has 0 aromatic heterocycles. The van der Waals surface area contributed by atoms with E-state index in [1.165, 1.54) is 12.8 Å². The zero-order chi connectivity index (χ0) is 20.3. The molecular weight excluding hydrogens is 390 g/mol. The average molecular weight is 420 g/mol. The van der Waals surface area contributed by atoms with Crippen molar-refractivity contribution in [2.75, 3.05) is 13.1 Å². The number of hydrogen-bond donors (Lipinski definition) is 0. The first-order chi connectivity index (χ1) is 14.7. The molecule has 0 spiro atoms. The van der Waals surface area contributed by atoms with Gasteiger partial charge in [0.05, 0.1) is 4.91 Å². The van der Waals surface area contributed by atoms with Crippen LogP contribution >= 0.6 is 0 Å². The molecular formula is C26H29NO2S. The summed E-state index contributed by atoms with van der Waals surface area (Å²) in [5.74, 6) is 0.829. The number of nitrogens with zero attached hydrogens (tertiary/aromatic N) is 1. The molecule has 2 bridgehead atoms. The van der Waals surface area contributed by atoms with Crippen LogP contribution in [0.5, 0.6) is 0 Å². The molecule has 4 aliphatic rings. The summed E-state index contributed by atoms with van der Waals surface area (Å²) in [6.45, 7) is 1.84. The Kier molecular flexibility index (Phi) is 4.26. The van der Waals surface area contributed by atoms with Gasteiger partial charge in [-0.25, -0.2) is 8.42 Å². The number of sulfone groups is 1. The van der Waals surface area contributed by atoms with Crippen molar-refractivity contribution in [1.29, 1.82) is 0 Å². The highest BCUT2D eigenvalue weighted by atomic mass is 32.2. The molecule has 2 aromatic rings. The van der Waals surface area contributed by atoms with Crippen LogP contribution in [0.4, 0.5) is 0 Å². The minimum Gasteiger partial charge on any atom is -0.284 e. The lowest BCUT2D eigenvalue weighted by Crippen LogP contribution is -2.61. The van der Waals surface area contributed by atoms with Gasteiger partial charge in [0.2, 0.25) is 0 Å². The SMILES string of the molecule is O=S1(=O)C(c2ccccc2)=C(c2ccccc2)C2C3CCC(C3)C21N1CCCCC1. The second-order valence-corrected chi connectivity index (χ2v) is 11.6. The van der Waals surface area contributed by atoms with E-state index in [0.29, 0.717) is 10.8 Å². The van der Waals surface area contributed by atoms with Gasteiger partial charge in [0.1, 0.15) is 4.87 Å². The Morgan fingerprint density at radius 2 is 1.43 bits per heavy atom. The molecule has 2 saturated carbocycles. The van der Waals surface area contributed by atoms with Gasteiger partial charge in [0.15, 0.2) is 9.84 Å². The number of benzene rings is 2. The zero-order valence-corrected chi connectivity index (χ0v) is 18.2. The number of hydrogen-bond acceptors (Lipinski definition) is 3. The Morgan fingerprint density at radius 3 is 2.10 bits per heavy atom. The number of fused-ring (bicyclic) bond motifs is 5. The predicted molar refractivity (Wildman–Crippen MR) is 121 cm³/mol. The third-order valence-electron chi connectivity index (χ3n) is 8.20. The minimum absolute atomic E-state index is 0.0944. The van der Waals surface area contributed by atoms with Crippen LogP contribution in [0, 0.1) is 17.8 Å². The first kappa shape index (κ1) is 18.8. The molecule has 2 aliphatic heterocycles. The molecule has 156 valence electrons. The molecule has 6 rings (SSSR count). The van der Waals surface area contributed by atoms with Crippen LogP contribution in [0.25, 0.3) is 10.5 Å². The van der Waals surface area contributed by atoms with Crippen molar-refractivity contribution in [2.24, 2.45) is 17.8 Å². The van der Waals surface area contributed by atoms with Crippen molar-refractivity contribution in [3.63, 3.8) is 0 Å². The zero-order valence-electron chi connectivity index (χ0n) is 17.3. The van der Waals surface area contributed by atoms with Crippen molar-refractivity contribution in [3.8, 4) is 0 Å². The average Bonchev–Trinajstić information content (AvgIpc) is 3.45. The third-order valence-corrected chi connectivity index (χ3v) is 10.9. The van der Waals surface area contributed by atoms with Gasteiger partial charge in [0.25, 0.3) is 0 Å². The summed E-state index contributed by atoms with van der Waals surface area (Å²) in [4.78, 5) is 2.30. The number of rotatable bonds is 3. The van der Waals surface area contributed by atoms with Crippen LogP contribution in [0.3, 0.4) is 0 Å². The van der Waals surface area contributed by atoms with Gasteiger partial charge in [0, 0.05) is 5.92 Å². The summed E-state index contributed by atoms with van der Waals surface area (Å²) in [6, 6.07) is 20.2. The summed E-state index contributed by atoms with van der Waals surface area (Å²) >= 11 is 0. The van der Waals surface area contributed by atoms with E-state index < -0.39 is 14.7 Å². The Bertz CT molecular complexity index is 1090. The van der Waals surface area contributed by atoms with Crippen LogP contribution in [0.2, 0.25) is 0 Å². The maximum atomic E-state index is 14.7. The smallest absolute Gasteiger partial charge is 0.199 e. The molecule has 4 unspecified atom stereocenters. The third kappa shape index (κ3) is 2.32. The second-order valence-electron chi connectivity index (χ2n) is 9.53. The number of likely N-dealkylation sites (tertiary alicyclic amines) is 1. The molecule has 0 amide bonds. The number of piperidine rings is 1. The van der Waals surface area contributed by atoms with Gasteiger partial charge in [-0.15, -0.1) is 0 Å². The molecule has 2 aromatic carbocycles. The van der Waals surface area contributed by atoms with E-state index in [4.69, 9.17) is 0 Å². The second kappa shape index (κ2) is 6.80. The van der Waals surface area contributed by atoms with Crippen LogP contribution < -0.4 is 0 Å². The van der Waals surface area contributed by atoms with E-state index in [9.17, 15) is 8.42 Å². The fraction of sp³-hybridized carbons (Fsp3) is 0.462. The monoisotopic (exact) mass is 419 g/mol. The lowest BCUT2D eigenvalue weighted by atomic mass is 9.75. The molecule has 0 radical (unpaired) electrons. The molecule has 4 atom stereocenters. The van der Waals surface area contributed by atoms with Crippen LogP contribution in [-0.2, 0) is 9.84 Å². The summed E-state index contributed by atoms with van der Waals surface area (Å²) in [5, 5.41) is 0. The lowest BCUT2D eigenvalue weighted by Gasteiger charge is -2.49. The molecule has 2 heterocycles. The van der Waals surface area contributed by atoms with Crippen molar-refractivity contribution >= 4 is 20.3 Å². The normalized spacial score (nSPS) is 35.0. The van der Waals surface area contributed by atoms with E-state index in [1.807, 2.05) is 48.5 Å². The van der Waals surface area contributed by atoms with Crippen molar-refractivity contribution in [3.05, 3.63) is 71.8 Å². The van der Waals surface area contributed by atoms with Gasteiger partial charge in [-0.1, -0.05) is 67.1 Å². The van der Waals surface area contributed by atoms with E-state index in [0.717, 1.165) is 55.5 Å². The largest absolute Gasteiger partial charge is 0.284 e. The Balaban J connectivity index is 1.66. The Hall–Kier alpha value is -1.91. The lowest BCUT2D eigenvalue weighted by molar-refractivity contribution is 0.0637. The van der Waals surface area contributed by atoms with Crippen molar-refractivity contribution in [1.82, 2.24) is 4.90 Å². The van der Waals surface area contributed by atoms with Gasteiger partial charge in [-0.2, -0.15) is 0 Å². The van der Waals surface area contributed by atoms with Crippen molar-refractivity contribution < 1.29 is 8.42 Å². The predicted octanol–water partition coefficient (Wildman–Crippen LogP) is 5.21. The van der Waals surface area contributed by atoms with Crippen LogP contribution in [0.15, 0.2) is 60.7 Å². The Labute approximate surface area is 179 Å². The fourth-order valence-electron chi connectivity index (χ4n) is 7.26. The molecule has 2 aliphatic carbocycles. The van der Waals surface area contributed by atoms with Crippen molar-refractivity contribution in [2.45, 2.75) is 43.4 Å². The molecule has 3 nitrogen and oxygen atoms in total. The summed E-state index contributed by atoms with van der Waals surface area (Å²) < 4.78 is 29.3. The molecule has 1 saturated heterocycles. The van der Waals surface area contributed by atoms with E-state index in [-0.39, 0.29) is 11.8 Å². The molecule has 3 fully saturated rings. The maximum Gasteiger partial charge on any atom is 0.199 e. The van der Waals surface area contributed by atoms with Gasteiger partial charge in [-0.3, -0.25) is 4.90 Å². The first-order valence-electron chi connectivity index (χ1n) is 11.5. The van der Waals surface area contributed by atoms with Gasteiger partial charge in [-0.05, 0) is 73.7 Å².